The van der Waals surface area contributed by atoms with E-state index in [9.17, 15) is 0 Å². The molecule has 0 aromatic carbocycles. The van der Waals surface area contributed by atoms with Crippen LogP contribution in [0.2, 0.25) is 0 Å². The van der Waals surface area contributed by atoms with Crippen LogP contribution in [0.15, 0.2) is 11.4 Å². The van der Waals surface area contributed by atoms with Crippen molar-refractivity contribution in [2.24, 2.45) is 0 Å². The minimum atomic E-state index is 0.741. The molecule has 0 radical (unpaired) electrons. The molecule has 0 aliphatic heterocycles. The van der Waals surface area contributed by atoms with Crippen LogP contribution in [0.5, 0.6) is 0 Å². The highest BCUT2D eigenvalue weighted by atomic mass is 32.1. The molecule has 2 nitrogen and oxygen atoms in total. The topological polar surface area (TPSA) is 36.7 Å². The molecule has 0 fully saturated rings. The molecule has 0 aliphatic carbocycles. The molecule has 0 aliphatic rings. The van der Waals surface area contributed by atoms with Gasteiger partial charge < -0.3 is 5.41 Å². The van der Waals surface area contributed by atoms with Crippen molar-refractivity contribution in [1.29, 1.82) is 5.41 Å². The van der Waals surface area contributed by atoms with Crippen LogP contribution in [0.4, 0.5) is 0 Å². The van der Waals surface area contributed by atoms with Crippen LogP contribution < -0.4 is 0 Å². The molecule has 0 amide bonds. The summed E-state index contributed by atoms with van der Waals surface area (Å²) in [7, 11) is 0. The van der Waals surface area contributed by atoms with Gasteiger partial charge in [-0.1, -0.05) is 0 Å². The van der Waals surface area contributed by atoms with Crippen LogP contribution in [0.25, 0.3) is 0 Å². The van der Waals surface area contributed by atoms with Crippen molar-refractivity contribution in [3.05, 3.63) is 17.1 Å². The van der Waals surface area contributed by atoms with Crippen molar-refractivity contribution in [2.45, 2.75) is 0 Å². The minimum Gasteiger partial charge on any atom is -0.306 e. The van der Waals surface area contributed by atoms with Gasteiger partial charge in [-0.25, -0.2) is 0 Å². The van der Waals surface area contributed by atoms with Crippen molar-refractivity contribution in [2.75, 3.05) is 0 Å². The Bertz CT molecular complexity index is 145. The normalized spacial score (nSPS) is 8.57. The summed E-state index contributed by atoms with van der Waals surface area (Å²) in [5.41, 5.74) is 0.741. The van der Waals surface area contributed by atoms with Crippen LogP contribution >= 0.6 is 11.5 Å². The van der Waals surface area contributed by atoms with Gasteiger partial charge >= 0.3 is 0 Å². The Morgan fingerprint density at radius 3 is 3.00 bits per heavy atom. The summed E-state index contributed by atoms with van der Waals surface area (Å²) in [6.07, 6.45) is 1.23. The fourth-order valence-electron chi connectivity index (χ4n) is 0.296. The summed E-state index contributed by atoms with van der Waals surface area (Å²) >= 11 is 1.36. The molecule has 0 saturated carbocycles. The number of hydrogen-bond donors (Lipinski definition) is 1. The highest BCUT2D eigenvalue weighted by molar-refractivity contribution is 7.03. The van der Waals surface area contributed by atoms with E-state index in [0.29, 0.717) is 0 Å². The average molecular weight is 112 g/mol. The van der Waals surface area contributed by atoms with Crippen LogP contribution in [-0.4, -0.2) is 10.6 Å². The SMILES string of the molecule is N=Cc1ccsn1. The van der Waals surface area contributed by atoms with Crippen molar-refractivity contribution < 1.29 is 0 Å². The van der Waals surface area contributed by atoms with Crippen LogP contribution in [0, 0.1) is 5.41 Å². The molecule has 1 heterocycles. The smallest absolute Gasteiger partial charge is 0.0943 e. The third kappa shape index (κ3) is 0.838. The van der Waals surface area contributed by atoms with E-state index in [1.165, 1.54) is 17.7 Å². The highest BCUT2D eigenvalue weighted by Gasteiger charge is 1.81. The molecular formula is C4H4N2S. The monoisotopic (exact) mass is 112 g/mol. The molecule has 3 heteroatoms. The first-order valence-corrected chi connectivity index (χ1v) is 2.68. The Morgan fingerprint density at radius 2 is 2.71 bits per heavy atom. The van der Waals surface area contributed by atoms with E-state index in [4.69, 9.17) is 5.41 Å². The fraction of sp³-hybridized carbons (Fsp3) is 0. The minimum absolute atomic E-state index is 0.741. The van der Waals surface area contributed by atoms with Gasteiger partial charge in [-0.2, -0.15) is 4.37 Å². The first-order valence-electron chi connectivity index (χ1n) is 1.84. The predicted octanol–water partition coefficient (Wildman–Crippen LogP) is 1.14. The molecule has 1 N–H and O–H groups in total. The van der Waals surface area contributed by atoms with E-state index in [1.54, 1.807) is 6.07 Å². The van der Waals surface area contributed by atoms with Gasteiger partial charge in [0.2, 0.25) is 0 Å². The zero-order chi connectivity index (χ0) is 5.11. The van der Waals surface area contributed by atoms with E-state index in [-0.39, 0.29) is 0 Å². The van der Waals surface area contributed by atoms with Crippen LogP contribution in [0.3, 0.4) is 0 Å². The number of nitrogens with one attached hydrogen (secondary N) is 1. The molecule has 0 unspecified atom stereocenters. The molecule has 1 aromatic rings. The summed E-state index contributed by atoms with van der Waals surface area (Å²) in [6, 6.07) is 1.80. The lowest BCUT2D eigenvalue weighted by Crippen LogP contribution is -1.71. The second-order valence-electron chi connectivity index (χ2n) is 1.07. The van der Waals surface area contributed by atoms with E-state index < -0.39 is 0 Å². The van der Waals surface area contributed by atoms with Gasteiger partial charge in [-0.15, -0.1) is 0 Å². The highest BCUT2D eigenvalue weighted by Crippen LogP contribution is 1.93. The number of hydrogen-bond acceptors (Lipinski definition) is 3. The average Bonchev–Trinajstić information content (AvgIpc) is 2.14. The van der Waals surface area contributed by atoms with Gasteiger partial charge in [-0.05, 0) is 17.6 Å². The maximum Gasteiger partial charge on any atom is 0.0943 e. The molecule has 0 bridgehead atoms. The predicted molar refractivity (Wildman–Crippen MR) is 30.0 cm³/mol. The first kappa shape index (κ1) is 4.46. The van der Waals surface area contributed by atoms with Gasteiger partial charge in [-0.3, -0.25) is 0 Å². The molecule has 36 valence electrons. The maximum atomic E-state index is 6.68. The lowest BCUT2D eigenvalue weighted by atomic mass is 10.5. The van der Waals surface area contributed by atoms with Crippen LogP contribution in [-0.2, 0) is 0 Å². The van der Waals surface area contributed by atoms with E-state index >= 15 is 0 Å². The Kier molecular flexibility index (Phi) is 1.17. The lowest BCUT2D eigenvalue weighted by Gasteiger charge is -1.68. The summed E-state index contributed by atoms with van der Waals surface area (Å²) < 4.78 is 3.83. The largest absolute Gasteiger partial charge is 0.306 e. The van der Waals surface area contributed by atoms with E-state index in [0.717, 1.165) is 5.69 Å². The summed E-state index contributed by atoms with van der Waals surface area (Å²) in [6.45, 7) is 0. The zero-order valence-corrected chi connectivity index (χ0v) is 4.40. The fourth-order valence-corrected chi connectivity index (χ4v) is 0.793. The van der Waals surface area contributed by atoms with Crippen molar-refractivity contribution in [1.82, 2.24) is 4.37 Å². The third-order valence-electron chi connectivity index (χ3n) is 0.606. The third-order valence-corrected chi connectivity index (χ3v) is 1.18. The number of nitrogens with zero attached hydrogens (tertiary/aromatic N) is 1. The van der Waals surface area contributed by atoms with E-state index in [2.05, 4.69) is 4.37 Å². The Labute approximate surface area is 45.5 Å². The van der Waals surface area contributed by atoms with Crippen molar-refractivity contribution >= 4 is 17.7 Å². The number of rotatable bonds is 1. The Balaban J connectivity index is 2.96. The summed E-state index contributed by atoms with van der Waals surface area (Å²) in [4.78, 5) is 0. The zero-order valence-electron chi connectivity index (χ0n) is 3.59. The Morgan fingerprint density at radius 1 is 1.86 bits per heavy atom. The van der Waals surface area contributed by atoms with Crippen molar-refractivity contribution in [3.8, 4) is 0 Å². The molecular weight excluding hydrogens is 108 g/mol. The van der Waals surface area contributed by atoms with Gasteiger partial charge in [0, 0.05) is 11.6 Å². The standard InChI is InChI=1S/C4H4N2S/c5-3-4-1-2-7-6-4/h1-3,5H. The lowest BCUT2D eigenvalue weighted by molar-refractivity contribution is 1.47. The summed E-state index contributed by atoms with van der Waals surface area (Å²) in [5.74, 6) is 0. The van der Waals surface area contributed by atoms with Gasteiger partial charge in [0.15, 0.2) is 0 Å². The molecule has 1 rings (SSSR count). The Hall–Kier alpha value is -0.700. The molecule has 0 atom stereocenters. The number of aromatic nitrogens is 1. The van der Waals surface area contributed by atoms with E-state index in [1.807, 2.05) is 5.38 Å². The molecule has 0 saturated heterocycles. The molecule has 7 heavy (non-hydrogen) atoms. The van der Waals surface area contributed by atoms with Gasteiger partial charge in [0.1, 0.15) is 0 Å². The van der Waals surface area contributed by atoms with Gasteiger partial charge in [0.25, 0.3) is 0 Å². The van der Waals surface area contributed by atoms with Crippen LogP contribution in [0.1, 0.15) is 5.69 Å². The second kappa shape index (κ2) is 1.84. The summed E-state index contributed by atoms with van der Waals surface area (Å²) in [5, 5.41) is 8.53. The molecule has 0 spiro atoms. The van der Waals surface area contributed by atoms with Crippen molar-refractivity contribution in [3.63, 3.8) is 0 Å². The van der Waals surface area contributed by atoms with Gasteiger partial charge in [0.05, 0.1) is 5.69 Å². The first-order chi connectivity index (χ1) is 3.43. The second-order valence-corrected chi connectivity index (χ2v) is 1.73. The molecule has 1 aromatic heterocycles. The quantitative estimate of drug-likeness (QED) is 0.543. The maximum absolute atomic E-state index is 6.68.